The summed E-state index contributed by atoms with van der Waals surface area (Å²) in [4.78, 5) is 40.2. The van der Waals surface area contributed by atoms with Crippen LogP contribution in [0, 0.1) is 11.8 Å². The summed E-state index contributed by atoms with van der Waals surface area (Å²) in [6.07, 6.45) is -1.41. The lowest BCUT2D eigenvalue weighted by molar-refractivity contribution is 0.0248. The fraction of sp³-hybridized carbons (Fsp3) is 0.550. The fourth-order valence-electron chi connectivity index (χ4n) is 4.46. The van der Waals surface area contributed by atoms with Gasteiger partial charge in [0, 0.05) is 19.0 Å². The molecule has 27 heavy (non-hydrogen) atoms. The van der Waals surface area contributed by atoms with Gasteiger partial charge in [0.25, 0.3) is 11.8 Å². The molecule has 4 rings (SSSR count). The van der Waals surface area contributed by atoms with E-state index in [0.717, 1.165) is 4.90 Å². The molecule has 4 atom stereocenters. The Hall–Kier alpha value is -2.44. The van der Waals surface area contributed by atoms with Crippen molar-refractivity contribution in [2.24, 2.45) is 11.8 Å². The average Bonchev–Trinajstić information content (AvgIpc) is 3.20. The number of amides is 3. The van der Waals surface area contributed by atoms with Gasteiger partial charge in [-0.3, -0.25) is 14.5 Å². The lowest BCUT2D eigenvalue weighted by atomic mass is 10.0. The van der Waals surface area contributed by atoms with E-state index in [4.69, 9.17) is 4.74 Å². The molecule has 3 aliphatic rings. The van der Waals surface area contributed by atoms with Crippen molar-refractivity contribution < 1.29 is 23.5 Å². The number of alkyl halides is 1. The number of nitrogens with zero attached hydrogens (tertiary/aromatic N) is 2. The first-order chi connectivity index (χ1) is 12.7. The number of benzene rings is 1. The molecule has 1 aliphatic carbocycles. The maximum Gasteiger partial charge on any atom is 0.410 e. The second-order valence-electron chi connectivity index (χ2n) is 8.58. The minimum atomic E-state index is -1.34. The van der Waals surface area contributed by atoms with E-state index in [1.54, 1.807) is 45.0 Å². The van der Waals surface area contributed by atoms with Gasteiger partial charge >= 0.3 is 6.09 Å². The van der Waals surface area contributed by atoms with Crippen molar-refractivity contribution in [2.75, 3.05) is 13.1 Å². The number of halogens is 1. The number of likely N-dealkylation sites (tertiary alicyclic amines) is 1. The first-order valence-corrected chi connectivity index (χ1v) is 9.26. The summed E-state index contributed by atoms with van der Waals surface area (Å²) in [7, 11) is 0. The van der Waals surface area contributed by atoms with Gasteiger partial charge in [-0.25, -0.2) is 9.18 Å². The predicted molar refractivity (Wildman–Crippen MR) is 95.0 cm³/mol. The van der Waals surface area contributed by atoms with Gasteiger partial charge in [0.1, 0.15) is 11.8 Å². The van der Waals surface area contributed by atoms with Gasteiger partial charge in [0.05, 0.1) is 17.2 Å². The van der Waals surface area contributed by atoms with Crippen molar-refractivity contribution in [3.63, 3.8) is 0 Å². The van der Waals surface area contributed by atoms with Crippen LogP contribution >= 0.6 is 0 Å². The number of hydrogen-bond donors (Lipinski definition) is 0. The topological polar surface area (TPSA) is 66.9 Å². The molecule has 0 N–H and O–H groups in total. The molecule has 1 saturated heterocycles. The second-order valence-corrected chi connectivity index (χ2v) is 8.58. The third-order valence-electron chi connectivity index (χ3n) is 5.62. The highest BCUT2D eigenvalue weighted by Gasteiger charge is 2.55. The summed E-state index contributed by atoms with van der Waals surface area (Å²) in [6.45, 7) is 6.01. The van der Waals surface area contributed by atoms with E-state index in [9.17, 15) is 14.4 Å². The van der Waals surface area contributed by atoms with Gasteiger partial charge in [-0.1, -0.05) is 12.1 Å². The Morgan fingerprint density at radius 2 is 1.70 bits per heavy atom. The largest absolute Gasteiger partial charge is 0.444 e. The van der Waals surface area contributed by atoms with Crippen LogP contribution in [0.5, 0.6) is 0 Å². The molecule has 2 heterocycles. The Balaban J connectivity index is 1.48. The molecule has 0 aromatic heterocycles. The summed E-state index contributed by atoms with van der Waals surface area (Å²) in [5.41, 5.74) is 0.0661. The van der Waals surface area contributed by atoms with Gasteiger partial charge in [0.15, 0.2) is 0 Å². The number of carbonyl (C=O) groups is 3. The zero-order valence-electron chi connectivity index (χ0n) is 15.6. The average molecular weight is 374 g/mol. The molecule has 1 aromatic carbocycles. The molecule has 6 nitrogen and oxygen atoms in total. The molecule has 0 spiro atoms. The summed E-state index contributed by atoms with van der Waals surface area (Å²) in [6, 6.07) is 5.82. The molecule has 0 unspecified atom stereocenters. The lowest BCUT2D eigenvalue weighted by Crippen LogP contribution is -2.45. The van der Waals surface area contributed by atoms with Crippen LogP contribution in [0.3, 0.4) is 0 Å². The highest BCUT2D eigenvalue weighted by Crippen LogP contribution is 2.44. The van der Waals surface area contributed by atoms with Crippen LogP contribution in [0.4, 0.5) is 9.18 Å². The monoisotopic (exact) mass is 374 g/mol. The standard InChI is InChI=1S/C20H23FN2O4/c1-20(2,3)27-19(26)22-9-11-8-15(16(21)14(11)10-22)23-17(24)12-6-4-5-7-13(12)18(23)25/h4-7,11,14-16H,8-10H2,1-3H3/t11-,14+,15+,16-/m1/s1. The van der Waals surface area contributed by atoms with Crippen LogP contribution in [-0.2, 0) is 4.74 Å². The summed E-state index contributed by atoms with van der Waals surface area (Å²) < 4.78 is 20.6. The van der Waals surface area contributed by atoms with E-state index >= 15 is 4.39 Å². The highest BCUT2D eigenvalue weighted by molar-refractivity contribution is 6.21. The van der Waals surface area contributed by atoms with Gasteiger partial charge < -0.3 is 9.64 Å². The lowest BCUT2D eigenvalue weighted by Gasteiger charge is -2.28. The zero-order chi connectivity index (χ0) is 19.5. The van der Waals surface area contributed by atoms with Gasteiger partial charge in [-0.15, -0.1) is 0 Å². The Bertz CT molecular complexity index is 783. The molecular formula is C20H23FN2O4. The number of fused-ring (bicyclic) bond motifs is 2. The van der Waals surface area contributed by atoms with Crippen molar-refractivity contribution in [1.82, 2.24) is 9.80 Å². The second kappa shape index (κ2) is 6.04. The molecule has 0 radical (unpaired) electrons. The van der Waals surface area contributed by atoms with Crippen molar-refractivity contribution in [1.29, 1.82) is 0 Å². The summed E-state index contributed by atoms with van der Waals surface area (Å²) in [5.74, 6) is -1.31. The van der Waals surface area contributed by atoms with Crippen molar-refractivity contribution in [3.05, 3.63) is 35.4 Å². The van der Waals surface area contributed by atoms with Crippen LogP contribution in [0.15, 0.2) is 24.3 Å². The fourth-order valence-corrected chi connectivity index (χ4v) is 4.46. The molecule has 0 bridgehead atoms. The van der Waals surface area contributed by atoms with Gasteiger partial charge in [-0.2, -0.15) is 0 Å². The number of ether oxygens (including phenoxy) is 1. The van der Waals surface area contributed by atoms with Crippen LogP contribution in [0.2, 0.25) is 0 Å². The molecule has 3 amide bonds. The smallest absolute Gasteiger partial charge is 0.410 e. The molecule has 144 valence electrons. The molecule has 1 aromatic rings. The maximum absolute atomic E-state index is 15.2. The molecule has 2 fully saturated rings. The number of imide groups is 1. The molecule has 1 saturated carbocycles. The molecule has 7 heteroatoms. The van der Waals surface area contributed by atoms with E-state index in [2.05, 4.69) is 0 Å². The molecule has 2 aliphatic heterocycles. The zero-order valence-corrected chi connectivity index (χ0v) is 15.6. The Labute approximate surface area is 157 Å². The Morgan fingerprint density at radius 3 is 2.22 bits per heavy atom. The van der Waals surface area contributed by atoms with Crippen molar-refractivity contribution in [2.45, 2.75) is 45.0 Å². The number of carbonyl (C=O) groups excluding carboxylic acids is 3. The minimum absolute atomic E-state index is 0.0816. The highest BCUT2D eigenvalue weighted by atomic mass is 19.1. The summed E-state index contributed by atoms with van der Waals surface area (Å²) >= 11 is 0. The van der Waals surface area contributed by atoms with E-state index in [1.165, 1.54) is 4.90 Å². The Morgan fingerprint density at radius 1 is 1.11 bits per heavy atom. The predicted octanol–water partition coefficient (Wildman–Crippen LogP) is 2.88. The van der Waals surface area contributed by atoms with E-state index in [0.29, 0.717) is 24.1 Å². The van der Waals surface area contributed by atoms with Gasteiger partial charge in [0.2, 0.25) is 0 Å². The van der Waals surface area contributed by atoms with Crippen LogP contribution in [0.25, 0.3) is 0 Å². The van der Waals surface area contributed by atoms with Gasteiger partial charge in [-0.05, 0) is 45.2 Å². The number of rotatable bonds is 1. The van der Waals surface area contributed by atoms with Crippen LogP contribution in [-0.4, -0.2) is 58.6 Å². The van der Waals surface area contributed by atoms with E-state index in [1.807, 2.05) is 0 Å². The third kappa shape index (κ3) is 2.89. The molecular weight excluding hydrogens is 351 g/mol. The first kappa shape index (κ1) is 17.9. The third-order valence-corrected chi connectivity index (χ3v) is 5.62. The first-order valence-electron chi connectivity index (χ1n) is 9.26. The number of hydrogen-bond acceptors (Lipinski definition) is 4. The van der Waals surface area contributed by atoms with Crippen LogP contribution in [0.1, 0.15) is 47.9 Å². The van der Waals surface area contributed by atoms with E-state index in [-0.39, 0.29) is 18.4 Å². The Kier molecular flexibility index (Phi) is 4.01. The SMILES string of the molecule is CC(C)(C)OC(=O)N1C[C@H]2C[C@H](N3C(=O)c4ccccc4C3=O)[C@H](F)[C@H]2C1. The normalized spacial score (nSPS) is 29.9. The maximum atomic E-state index is 15.2. The summed E-state index contributed by atoms with van der Waals surface area (Å²) in [5, 5.41) is 0. The quantitative estimate of drug-likeness (QED) is 0.709. The van der Waals surface area contributed by atoms with E-state index < -0.39 is 35.7 Å². The van der Waals surface area contributed by atoms with Crippen molar-refractivity contribution >= 4 is 17.9 Å². The van der Waals surface area contributed by atoms with Crippen molar-refractivity contribution in [3.8, 4) is 0 Å². The van der Waals surface area contributed by atoms with Crippen LogP contribution < -0.4 is 0 Å². The minimum Gasteiger partial charge on any atom is -0.444 e.